The molecular formula is C20H23N5O2S. The molecule has 0 saturated carbocycles. The first-order chi connectivity index (χ1) is 13.6. The molecule has 1 aliphatic heterocycles. The summed E-state index contributed by atoms with van der Waals surface area (Å²) in [4.78, 5) is 38.5. The molecule has 3 aromatic rings. The quantitative estimate of drug-likeness (QED) is 0.641. The largest absolute Gasteiger partial charge is 0.379 e. The number of fused-ring (bicyclic) bond motifs is 1. The Balaban J connectivity index is 1.69. The predicted octanol–water partition coefficient (Wildman–Crippen LogP) is 3.70. The molecule has 7 nitrogen and oxygen atoms in total. The summed E-state index contributed by atoms with van der Waals surface area (Å²) in [6.45, 7) is 4.96. The maximum atomic E-state index is 12.1. The summed E-state index contributed by atoms with van der Waals surface area (Å²) in [6.07, 6.45) is 7.78. The minimum absolute atomic E-state index is 0.00920. The third-order valence-electron chi connectivity index (χ3n) is 5.09. The number of nitrogens with one attached hydrogen (secondary N) is 2. The van der Waals surface area contributed by atoms with Crippen molar-refractivity contribution in [2.75, 3.05) is 18.4 Å². The number of hydrogen-bond acceptors (Lipinski definition) is 6. The lowest BCUT2D eigenvalue weighted by atomic mass is 10.0. The lowest BCUT2D eigenvalue weighted by molar-refractivity contribution is -0.131. The van der Waals surface area contributed by atoms with Gasteiger partial charge in [-0.05, 0) is 18.9 Å². The molecule has 1 fully saturated rings. The van der Waals surface area contributed by atoms with Gasteiger partial charge in [-0.25, -0.2) is 9.97 Å². The monoisotopic (exact) mass is 397 g/mol. The molecule has 0 bridgehead atoms. The molecule has 0 radical (unpaired) electrons. The zero-order chi connectivity index (χ0) is 19.7. The lowest BCUT2D eigenvalue weighted by Crippen LogP contribution is -2.45. The Morgan fingerprint density at radius 2 is 2.21 bits per heavy atom. The Labute approximate surface area is 167 Å². The van der Waals surface area contributed by atoms with Crippen molar-refractivity contribution in [1.29, 1.82) is 0 Å². The van der Waals surface area contributed by atoms with E-state index in [0.29, 0.717) is 17.8 Å². The molecule has 0 aromatic carbocycles. The van der Waals surface area contributed by atoms with E-state index in [-0.39, 0.29) is 17.7 Å². The Morgan fingerprint density at radius 3 is 2.96 bits per heavy atom. The summed E-state index contributed by atoms with van der Waals surface area (Å²) >= 11 is 1.38. The van der Waals surface area contributed by atoms with Crippen LogP contribution in [-0.2, 0) is 4.79 Å². The topological polar surface area (TPSA) is 91.0 Å². The number of H-pyrrole nitrogens is 1. The second kappa shape index (κ2) is 7.71. The Bertz CT molecular complexity index is 1020. The number of anilines is 1. The van der Waals surface area contributed by atoms with Crippen LogP contribution in [0.25, 0.3) is 21.6 Å². The van der Waals surface area contributed by atoms with Gasteiger partial charge < -0.3 is 15.2 Å². The molecule has 3 aromatic heterocycles. The fraction of sp³-hybridized carbons (Fsp3) is 0.400. The Kier molecular flexibility index (Phi) is 5.13. The normalized spacial score (nSPS) is 17.1. The smallest absolute Gasteiger partial charge is 0.222 e. The average molecular weight is 398 g/mol. The Morgan fingerprint density at radius 1 is 1.36 bits per heavy atom. The average Bonchev–Trinajstić information content (AvgIpc) is 3.37. The SMILES string of the molecule is CCC(=O)N1CCC[C@@H](Nc2c(-c3ncc(C(C)=O)s3)cnc3[nH]ccc23)C1. The van der Waals surface area contributed by atoms with Gasteiger partial charge in [-0.3, -0.25) is 9.59 Å². The number of amides is 1. The Hall–Kier alpha value is -2.74. The van der Waals surface area contributed by atoms with Crippen molar-refractivity contribution < 1.29 is 9.59 Å². The number of carbonyl (C=O) groups excluding carboxylic acids is 2. The van der Waals surface area contributed by atoms with Crippen molar-refractivity contribution in [3.05, 3.63) is 29.5 Å². The van der Waals surface area contributed by atoms with E-state index in [0.717, 1.165) is 46.7 Å². The molecule has 2 N–H and O–H groups in total. The summed E-state index contributed by atoms with van der Waals surface area (Å²) in [5, 5.41) is 5.40. The zero-order valence-electron chi connectivity index (χ0n) is 16.0. The number of pyridine rings is 1. The van der Waals surface area contributed by atoms with Crippen LogP contribution in [0.15, 0.2) is 24.7 Å². The van der Waals surface area contributed by atoms with Gasteiger partial charge in [0.2, 0.25) is 5.91 Å². The van der Waals surface area contributed by atoms with E-state index in [2.05, 4.69) is 20.3 Å². The van der Waals surface area contributed by atoms with E-state index in [1.807, 2.05) is 24.1 Å². The number of carbonyl (C=O) groups is 2. The van der Waals surface area contributed by atoms with Crippen molar-refractivity contribution >= 4 is 39.7 Å². The van der Waals surface area contributed by atoms with Crippen LogP contribution in [0.5, 0.6) is 0 Å². The minimum Gasteiger partial charge on any atom is -0.379 e. The van der Waals surface area contributed by atoms with Crippen LogP contribution in [0, 0.1) is 0 Å². The molecule has 1 amide bonds. The second-order valence-electron chi connectivity index (χ2n) is 7.05. The van der Waals surface area contributed by atoms with Gasteiger partial charge in [0, 0.05) is 56.5 Å². The van der Waals surface area contributed by atoms with Gasteiger partial charge in [0.15, 0.2) is 5.78 Å². The zero-order valence-corrected chi connectivity index (χ0v) is 16.8. The van der Waals surface area contributed by atoms with E-state index in [1.165, 1.54) is 11.3 Å². The molecule has 4 rings (SSSR count). The van der Waals surface area contributed by atoms with Crippen molar-refractivity contribution in [2.45, 2.75) is 39.2 Å². The fourth-order valence-electron chi connectivity index (χ4n) is 3.64. The van der Waals surface area contributed by atoms with Gasteiger partial charge in [0.1, 0.15) is 10.7 Å². The minimum atomic E-state index is 0.00920. The molecular weight excluding hydrogens is 374 g/mol. The molecule has 28 heavy (non-hydrogen) atoms. The standard InChI is InChI=1S/C20H23N5O2S/c1-3-17(27)25-8-4-5-13(11-25)24-18-14-6-7-21-19(14)22-9-15(18)20-23-10-16(28-20)12(2)26/h6-7,9-10,13H,3-5,8,11H2,1-2H3,(H2,21,22,24)/t13-/m1/s1. The third-order valence-corrected chi connectivity index (χ3v) is 6.23. The second-order valence-corrected chi connectivity index (χ2v) is 8.08. The van der Waals surface area contributed by atoms with Gasteiger partial charge in [-0.2, -0.15) is 0 Å². The highest BCUT2D eigenvalue weighted by Crippen LogP contribution is 2.36. The number of nitrogens with zero attached hydrogens (tertiary/aromatic N) is 3. The number of Topliss-reactive ketones (excluding diaryl/α,β-unsaturated/α-hetero) is 1. The van der Waals surface area contributed by atoms with E-state index in [4.69, 9.17) is 0 Å². The van der Waals surface area contributed by atoms with Crippen molar-refractivity contribution in [2.24, 2.45) is 0 Å². The van der Waals surface area contributed by atoms with Crippen molar-refractivity contribution in [1.82, 2.24) is 19.9 Å². The molecule has 4 heterocycles. The molecule has 1 atom stereocenters. The first kappa shape index (κ1) is 18.6. The molecule has 0 unspecified atom stereocenters. The number of piperidine rings is 1. The molecule has 8 heteroatoms. The van der Waals surface area contributed by atoms with Gasteiger partial charge in [-0.15, -0.1) is 11.3 Å². The summed E-state index contributed by atoms with van der Waals surface area (Å²) in [7, 11) is 0. The van der Waals surface area contributed by atoms with Crippen LogP contribution in [0.3, 0.4) is 0 Å². The molecule has 0 aliphatic carbocycles. The highest BCUT2D eigenvalue weighted by molar-refractivity contribution is 7.17. The molecule has 146 valence electrons. The summed E-state index contributed by atoms with van der Waals surface area (Å²) in [5.41, 5.74) is 2.63. The first-order valence-electron chi connectivity index (χ1n) is 9.54. The van der Waals surface area contributed by atoms with Gasteiger partial charge in [0.05, 0.1) is 16.1 Å². The van der Waals surface area contributed by atoms with Crippen LogP contribution >= 0.6 is 11.3 Å². The summed E-state index contributed by atoms with van der Waals surface area (Å²) in [5.74, 6) is 0.203. The predicted molar refractivity (Wildman–Crippen MR) is 111 cm³/mol. The first-order valence-corrected chi connectivity index (χ1v) is 10.4. The summed E-state index contributed by atoms with van der Waals surface area (Å²) in [6, 6.07) is 2.15. The maximum Gasteiger partial charge on any atom is 0.222 e. The third kappa shape index (κ3) is 3.52. The van der Waals surface area contributed by atoms with Gasteiger partial charge in [0.25, 0.3) is 0 Å². The molecule has 1 aliphatic rings. The number of hydrogen-bond donors (Lipinski definition) is 2. The van der Waals surface area contributed by atoms with Crippen molar-refractivity contribution in [3.8, 4) is 10.6 Å². The van der Waals surface area contributed by atoms with Crippen LogP contribution in [0.4, 0.5) is 5.69 Å². The van der Waals surface area contributed by atoms with Gasteiger partial charge in [-0.1, -0.05) is 6.92 Å². The number of ketones is 1. The van der Waals surface area contributed by atoms with Gasteiger partial charge >= 0.3 is 0 Å². The number of aromatic amines is 1. The van der Waals surface area contributed by atoms with E-state index in [9.17, 15) is 9.59 Å². The van der Waals surface area contributed by atoms with E-state index in [1.54, 1.807) is 19.3 Å². The van der Waals surface area contributed by atoms with Crippen LogP contribution in [0.2, 0.25) is 0 Å². The van der Waals surface area contributed by atoms with Crippen LogP contribution in [0.1, 0.15) is 42.8 Å². The van der Waals surface area contributed by atoms with Crippen LogP contribution in [-0.4, -0.2) is 50.7 Å². The highest BCUT2D eigenvalue weighted by Gasteiger charge is 2.25. The number of thiazole rings is 1. The molecule has 0 spiro atoms. The fourth-order valence-corrected chi connectivity index (χ4v) is 4.46. The van der Waals surface area contributed by atoms with Crippen LogP contribution < -0.4 is 5.32 Å². The highest BCUT2D eigenvalue weighted by atomic mass is 32.1. The number of aromatic nitrogens is 3. The van der Waals surface area contributed by atoms with E-state index >= 15 is 0 Å². The lowest BCUT2D eigenvalue weighted by Gasteiger charge is -2.34. The van der Waals surface area contributed by atoms with E-state index < -0.39 is 0 Å². The number of rotatable bonds is 5. The summed E-state index contributed by atoms with van der Waals surface area (Å²) < 4.78 is 0. The number of likely N-dealkylation sites (tertiary alicyclic amines) is 1. The maximum absolute atomic E-state index is 12.1. The van der Waals surface area contributed by atoms with Crippen molar-refractivity contribution in [3.63, 3.8) is 0 Å². The molecule has 1 saturated heterocycles.